The van der Waals surface area contributed by atoms with Crippen LogP contribution in [-0.2, 0) is 17.4 Å². The number of rotatable bonds is 3. The van der Waals surface area contributed by atoms with Crippen molar-refractivity contribution < 1.29 is 27.9 Å². The zero-order valence-corrected chi connectivity index (χ0v) is 15.0. The van der Waals surface area contributed by atoms with Crippen molar-refractivity contribution in [3.05, 3.63) is 46.8 Å². The predicted molar refractivity (Wildman–Crippen MR) is 93.7 cm³/mol. The Morgan fingerprint density at radius 3 is 2.71 bits per heavy atom. The first kappa shape index (κ1) is 18.2. The molecule has 144 valence electrons. The fourth-order valence-corrected chi connectivity index (χ4v) is 4.15. The van der Waals surface area contributed by atoms with Crippen LogP contribution in [0.15, 0.2) is 24.4 Å². The zero-order chi connectivity index (χ0) is 20.2. The quantitative estimate of drug-likeness (QED) is 0.540. The van der Waals surface area contributed by atoms with Gasteiger partial charge < -0.3 is 10.4 Å². The second kappa shape index (κ2) is 6.16. The van der Waals surface area contributed by atoms with Crippen LogP contribution in [0.5, 0.6) is 0 Å². The smallest absolute Gasteiger partial charge is 0.418 e. The number of aromatic nitrogens is 3. The molecule has 0 saturated heterocycles. The Morgan fingerprint density at radius 1 is 1.32 bits per heavy atom. The number of anilines is 1. The molecule has 0 radical (unpaired) electrons. The molecule has 1 aliphatic rings. The molecule has 4 rings (SSSR count). The maximum Gasteiger partial charge on any atom is 0.418 e. The van der Waals surface area contributed by atoms with Gasteiger partial charge in [-0.05, 0) is 18.2 Å². The minimum Gasteiger partial charge on any atom is -0.478 e. The summed E-state index contributed by atoms with van der Waals surface area (Å²) in [6.45, 7) is 1.34. The van der Waals surface area contributed by atoms with Crippen molar-refractivity contribution >= 4 is 28.3 Å². The molecule has 1 aromatic carbocycles. The average molecular weight is 408 g/mol. The lowest BCUT2D eigenvalue weighted by atomic mass is 10.1. The van der Waals surface area contributed by atoms with Crippen LogP contribution in [0.2, 0.25) is 0 Å². The van der Waals surface area contributed by atoms with E-state index in [2.05, 4.69) is 15.4 Å². The standard InChI is InChI=1S/C17H11F3N4O3S/c1-7(25)22-16-23-11-5-9-6-21-24(13(9)14(11)28-16)12-3-2-8(15(26)27)4-10(12)17(18,19)20/h2-4,6H,5H2,1H3,(H,26,27)(H,22,23,25). The summed E-state index contributed by atoms with van der Waals surface area (Å²) in [5, 5.41) is 16.0. The highest BCUT2D eigenvalue weighted by molar-refractivity contribution is 7.19. The summed E-state index contributed by atoms with van der Waals surface area (Å²) in [6, 6.07) is 2.79. The predicted octanol–water partition coefficient (Wildman–Crippen LogP) is 3.58. The van der Waals surface area contributed by atoms with Gasteiger partial charge in [0, 0.05) is 18.9 Å². The molecule has 28 heavy (non-hydrogen) atoms. The van der Waals surface area contributed by atoms with E-state index in [0.717, 1.165) is 28.2 Å². The van der Waals surface area contributed by atoms with Crippen molar-refractivity contribution in [3.63, 3.8) is 0 Å². The Balaban J connectivity index is 1.87. The number of nitrogens with zero attached hydrogens (tertiary/aromatic N) is 3. The molecule has 11 heteroatoms. The lowest BCUT2D eigenvalue weighted by Crippen LogP contribution is -2.14. The number of thiazole rings is 1. The van der Waals surface area contributed by atoms with Crippen molar-refractivity contribution in [2.75, 3.05) is 5.32 Å². The number of amides is 1. The SMILES string of the molecule is CC(=O)Nc1nc2c(s1)-c1c(cnn1-c1ccc(C(=O)O)cc1C(F)(F)F)C2. The molecule has 1 aliphatic carbocycles. The molecule has 0 atom stereocenters. The van der Waals surface area contributed by atoms with Crippen molar-refractivity contribution in [3.8, 4) is 16.3 Å². The van der Waals surface area contributed by atoms with Gasteiger partial charge in [-0.1, -0.05) is 11.3 Å². The van der Waals surface area contributed by atoms with E-state index >= 15 is 0 Å². The second-order valence-corrected chi connectivity index (χ2v) is 7.12. The Bertz CT molecular complexity index is 1130. The van der Waals surface area contributed by atoms with E-state index in [1.165, 1.54) is 13.1 Å². The van der Waals surface area contributed by atoms with Gasteiger partial charge in [0.1, 0.15) is 0 Å². The third-order valence-electron chi connectivity index (χ3n) is 4.18. The molecule has 0 spiro atoms. The van der Waals surface area contributed by atoms with E-state index in [1.54, 1.807) is 0 Å². The van der Waals surface area contributed by atoms with Crippen LogP contribution in [0.1, 0.15) is 34.1 Å². The van der Waals surface area contributed by atoms with Gasteiger partial charge in [-0.2, -0.15) is 18.3 Å². The van der Waals surface area contributed by atoms with E-state index in [0.29, 0.717) is 39.4 Å². The molecule has 0 bridgehead atoms. The lowest BCUT2D eigenvalue weighted by Gasteiger charge is -2.15. The molecular formula is C17H11F3N4O3S. The molecule has 2 aromatic heterocycles. The van der Waals surface area contributed by atoms with Crippen LogP contribution >= 0.6 is 11.3 Å². The molecule has 2 heterocycles. The summed E-state index contributed by atoms with van der Waals surface area (Å²) in [7, 11) is 0. The normalized spacial score (nSPS) is 12.6. The van der Waals surface area contributed by atoms with Crippen LogP contribution < -0.4 is 5.32 Å². The van der Waals surface area contributed by atoms with Crippen LogP contribution in [0.4, 0.5) is 18.3 Å². The third kappa shape index (κ3) is 2.93. The van der Waals surface area contributed by atoms with Crippen LogP contribution in [-0.4, -0.2) is 31.7 Å². The number of aromatic carboxylic acids is 1. The van der Waals surface area contributed by atoms with Gasteiger partial charge in [-0.25, -0.2) is 14.5 Å². The fraction of sp³-hybridized carbons (Fsp3) is 0.176. The first-order chi connectivity index (χ1) is 13.1. The van der Waals surface area contributed by atoms with Crippen molar-refractivity contribution in [2.45, 2.75) is 19.5 Å². The Labute approximate surface area is 159 Å². The van der Waals surface area contributed by atoms with E-state index < -0.39 is 23.3 Å². The first-order valence-electron chi connectivity index (χ1n) is 7.94. The number of carbonyl (C=O) groups excluding carboxylic acids is 1. The highest BCUT2D eigenvalue weighted by atomic mass is 32.1. The number of hydrogen-bond donors (Lipinski definition) is 2. The molecule has 0 unspecified atom stereocenters. The van der Waals surface area contributed by atoms with Gasteiger partial charge in [-0.15, -0.1) is 0 Å². The summed E-state index contributed by atoms with van der Waals surface area (Å²) in [5.74, 6) is -1.75. The molecule has 7 nitrogen and oxygen atoms in total. The number of carboxylic acids is 1. The number of nitrogens with one attached hydrogen (secondary N) is 1. The number of carbonyl (C=O) groups is 2. The number of alkyl halides is 3. The summed E-state index contributed by atoms with van der Waals surface area (Å²) in [4.78, 5) is 27.2. The van der Waals surface area contributed by atoms with Gasteiger partial charge in [0.2, 0.25) is 5.91 Å². The molecule has 0 aliphatic heterocycles. The molecule has 2 N–H and O–H groups in total. The van der Waals surface area contributed by atoms with Crippen molar-refractivity contribution in [1.82, 2.24) is 14.8 Å². The minimum atomic E-state index is -4.77. The molecule has 0 fully saturated rings. The number of fused-ring (bicyclic) bond motifs is 3. The van der Waals surface area contributed by atoms with Crippen LogP contribution in [0.25, 0.3) is 16.3 Å². The van der Waals surface area contributed by atoms with Crippen molar-refractivity contribution in [2.24, 2.45) is 0 Å². The highest BCUT2D eigenvalue weighted by Crippen LogP contribution is 2.44. The van der Waals surface area contributed by atoms with Crippen LogP contribution in [0.3, 0.4) is 0 Å². The zero-order valence-electron chi connectivity index (χ0n) is 14.2. The molecule has 3 aromatic rings. The summed E-state index contributed by atoms with van der Waals surface area (Å²) >= 11 is 1.15. The highest BCUT2D eigenvalue weighted by Gasteiger charge is 2.37. The second-order valence-electron chi connectivity index (χ2n) is 6.12. The number of carboxylic acid groups (broad SMARTS) is 1. The number of hydrogen-bond acceptors (Lipinski definition) is 5. The van der Waals surface area contributed by atoms with E-state index in [4.69, 9.17) is 5.11 Å². The summed E-state index contributed by atoms with van der Waals surface area (Å²) in [6.07, 6.45) is -2.92. The largest absolute Gasteiger partial charge is 0.478 e. The Hall–Kier alpha value is -3.21. The minimum absolute atomic E-state index is 0.277. The van der Waals surface area contributed by atoms with Crippen molar-refractivity contribution in [1.29, 1.82) is 0 Å². The van der Waals surface area contributed by atoms with Gasteiger partial charge in [-0.3, -0.25) is 4.79 Å². The monoisotopic (exact) mass is 408 g/mol. The molecule has 0 saturated carbocycles. The van der Waals surface area contributed by atoms with Gasteiger partial charge in [0.25, 0.3) is 0 Å². The first-order valence-corrected chi connectivity index (χ1v) is 8.76. The van der Waals surface area contributed by atoms with Gasteiger partial charge in [0.05, 0.1) is 39.3 Å². The van der Waals surface area contributed by atoms with E-state index in [9.17, 15) is 22.8 Å². The van der Waals surface area contributed by atoms with Gasteiger partial charge in [0.15, 0.2) is 5.13 Å². The maximum absolute atomic E-state index is 13.6. The summed E-state index contributed by atoms with van der Waals surface area (Å²) in [5.41, 5.74) is -0.0346. The Kier molecular flexibility index (Phi) is 4.00. The van der Waals surface area contributed by atoms with E-state index in [-0.39, 0.29) is 11.6 Å². The van der Waals surface area contributed by atoms with Crippen LogP contribution in [0, 0.1) is 0 Å². The van der Waals surface area contributed by atoms with Gasteiger partial charge >= 0.3 is 12.1 Å². The number of halogens is 3. The fourth-order valence-electron chi connectivity index (χ4n) is 3.06. The molecular weight excluding hydrogens is 397 g/mol. The summed E-state index contributed by atoms with van der Waals surface area (Å²) < 4.78 is 41.9. The topological polar surface area (TPSA) is 97.1 Å². The molecule has 1 amide bonds. The number of benzene rings is 1. The lowest BCUT2D eigenvalue weighted by molar-refractivity contribution is -0.137. The Morgan fingerprint density at radius 2 is 2.07 bits per heavy atom. The third-order valence-corrected chi connectivity index (χ3v) is 5.20. The van der Waals surface area contributed by atoms with E-state index in [1.807, 2.05) is 0 Å². The average Bonchev–Trinajstić information content (AvgIpc) is 3.23. The maximum atomic E-state index is 13.6.